The molecule has 32 heavy (non-hydrogen) atoms. The summed E-state index contributed by atoms with van der Waals surface area (Å²) in [6.07, 6.45) is 22.7. The highest BCUT2D eigenvalue weighted by Gasteiger charge is 2.32. The first kappa shape index (κ1) is 25.8. The highest BCUT2D eigenvalue weighted by Crippen LogP contribution is 2.44. The number of alkyl halides is 3. The van der Waals surface area contributed by atoms with Gasteiger partial charge in [0.25, 0.3) is 0 Å². The van der Waals surface area contributed by atoms with Crippen LogP contribution in [0.1, 0.15) is 110 Å². The number of unbranched alkanes of at least 4 members (excludes halogenated alkanes) is 5. The summed E-state index contributed by atoms with van der Waals surface area (Å²) in [7, 11) is 0. The van der Waals surface area contributed by atoms with Crippen molar-refractivity contribution in [3.05, 3.63) is 23.8 Å². The van der Waals surface area contributed by atoms with E-state index < -0.39 is 18.9 Å². The van der Waals surface area contributed by atoms with E-state index >= 15 is 0 Å². The van der Waals surface area contributed by atoms with Crippen LogP contribution >= 0.6 is 0 Å². The summed E-state index contributed by atoms with van der Waals surface area (Å²) in [6, 6.07) is 0. The fourth-order valence-corrected chi connectivity index (χ4v) is 6.33. The Bertz CT molecular complexity index is 578. The molecule has 0 aromatic heterocycles. The summed E-state index contributed by atoms with van der Waals surface area (Å²) in [4.78, 5) is 0. The first-order valence-electron chi connectivity index (χ1n) is 13.5. The molecule has 0 aromatic carbocycles. The molecule has 0 heterocycles. The van der Waals surface area contributed by atoms with Crippen molar-refractivity contribution >= 4 is 0 Å². The number of hydrogen-bond acceptors (Lipinski definition) is 1. The molecule has 4 heteroatoms. The van der Waals surface area contributed by atoms with Crippen molar-refractivity contribution in [3.8, 4) is 0 Å². The number of halogens is 3. The fraction of sp³-hybridized carbons (Fsp3) is 0.857. The zero-order chi connectivity index (χ0) is 22.8. The van der Waals surface area contributed by atoms with Crippen molar-refractivity contribution in [2.24, 2.45) is 23.7 Å². The molecule has 3 aliphatic carbocycles. The van der Waals surface area contributed by atoms with Crippen LogP contribution in [0.2, 0.25) is 0 Å². The minimum atomic E-state index is -4.25. The van der Waals surface area contributed by atoms with Gasteiger partial charge >= 0.3 is 6.18 Å². The second kappa shape index (κ2) is 13.2. The highest BCUT2D eigenvalue weighted by atomic mass is 19.4. The smallest absolute Gasteiger partial charge is 0.364 e. The van der Waals surface area contributed by atoms with Crippen LogP contribution in [0.4, 0.5) is 13.2 Å². The third-order valence-corrected chi connectivity index (χ3v) is 8.32. The van der Waals surface area contributed by atoms with Crippen LogP contribution in [-0.4, -0.2) is 18.9 Å². The van der Waals surface area contributed by atoms with Crippen molar-refractivity contribution in [3.63, 3.8) is 0 Å². The van der Waals surface area contributed by atoms with E-state index in [0.29, 0.717) is 12.3 Å². The molecule has 0 N–H and O–H groups in total. The largest absolute Gasteiger partial charge is 0.411 e. The summed E-state index contributed by atoms with van der Waals surface area (Å²) in [5, 5.41) is 0. The topological polar surface area (TPSA) is 9.23 Å². The second-order valence-corrected chi connectivity index (χ2v) is 10.7. The van der Waals surface area contributed by atoms with Crippen molar-refractivity contribution < 1.29 is 17.9 Å². The zero-order valence-electron chi connectivity index (χ0n) is 20.2. The molecule has 2 saturated carbocycles. The molecule has 1 unspecified atom stereocenters. The first-order valence-corrected chi connectivity index (χ1v) is 13.5. The Hall–Kier alpha value is -0.770. The average molecular weight is 455 g/mol. The molecule has 0 aliphatic heterocycles. The zero-order valence-corrected chi connectivity index (χ0v) is 20.2. The van der Waals surface area contributed by atoms with E-state index in [2.05, 4.69) is 13.0 Å². The SMILES string of the molecule is CCCCCCCC[C@H]1CC[C@H](C2CCC(C3=CCC(OCC(F)(F)F)C=C3)CC2)CC1. The fourth-order valence-electron chi connectivity index (χ4n) is 6.33. The molecule has 0 spiro atoms. The lowest BCUT2D eigenvalue weighted by atomic mass is 9.67. The van der Waals surface area contributed by atoms with Gasteiger partial charge in [-0.25, -0.2) is 0 Å². The third-order valence-electron chi connectivity index (χ3n) is 8.32. The maximum absolute atomic E-state index is 12.3. The van der Waals surface area contributed by atoms with E-state index in [4.69, 9.17) is 4.74 Å². The predicted molar refractivity (Wildman–Crippen MR) is 127 cm³/mol. The Morgan fingerprint density at radius 2 is 1.47 bits per heavy atom. The van der Waals surface area contributed by atoms with Crippen LogP contribution in [0.5, 0.6) is 0 Å². The van der Waals surface area contributed by atoms with Crippen LogP contribution < -0.4 is 0 Å². The molecule has 1 nitrogen and oxygen atoms in total. The van der Waals surface area contributed by atoms with Crippen LogP contribution in [0.15, 0.2) is 23.8 Å². The maximum Gasteiger partial charge on any atom is 0.411 e. The van der Waals surface area contributed by atoms with Crippen LogP contribution in [-0.2, 0) is 4.74 Å². The average Bonchev–Trinajstić information content (AvgIpc) is 2.80. The molecular weight excluding hydrogens is 409 g/mol. The molecule has 0 saturated heterocycles. The summed E-state index contributed by atoms with van der Waals surface area (Å²) in [5.74, 6) is 3.42. The first-order chi connectivity index (χ1) is 15.4. The van der Waals surface area contributed by atoms with Gasteiger partial charge < -0.3 is 4.74 Å². The maximum atomic E-state index is 12.3. The van der Waals surface area contributed by atoms with Crippen molar-refractivity contribution in [1.29, 1.82) is 0 Å². The van der Waals surface area contributed by atoms with Crippen molar-refractivity contribution in [1.82, 2.24) is 0 Å². The van der Waals surface area contributed by atoms with Gasteiger partial charge in [-0.1, -0.05) is 82.9 Å². The summed E-state index contributed by atoms with van der Waals surface area (Å²) in [6.45, 7) is 1.13. The van der Waals surface area contributed by atoms with Crippen LogP contribution in [0.25, 0.3) is 0 Å². The van der Waals surface area contributed by atoms with Gasteiger partial charge in [0.05, 0.1) is 6.10 Å². The summed E-state index contributed by atoms with van der Waals surface area (Å²) < 4.78 is 42.0. The second-order valence-electron chi connectivity index (χ2n) is 10.7. The summed E-state index contributed by atoms with van der Waals surface area (Å²) in [5.41, 5.74) is 1.33. The van der Waals surface area contributed by atoms with Gasteiger partial charge in [0, 0.05) is 0 Å². The Kier molecular flexibility index (Phi) is 10.7. The van der Waals surface area contributed by atoms with Gasteiger partial charge in [-0.2, -0.15) is 13.2 Å². The third kappa shape index (κ3) is 8.88. The lowest BCUT2D eigenvalue weighted by Crippen LogP contribution is -2.27. The molecule has 0 bridgehead atoms. The number of ether oxygens (including phenoxy) is 1. The van der Waals surface area contributed by atoms with E-state index in [1.165, 1.54) is 102 Å². The van der Waals surface area contributed by atoms with E-state index in [-0.39, 0.29) is 0 Å². The monoisotopic (exact) mass is 454 g/mol. The van der Waals surface area contributed by atoms with Gasteiger partial charge in [0.1, 0.15) is 6.61 Å². The molecular formula is C28H45F3O. The highest BCUT2D eigenvalue weighted by molar-refractivity contribution is 5.27. The van der Waals surface area contributed by atoms with Gasteiger partial charge in [-0.3, -0.25) is 0 Å². The molecule has 184 valence electrons. The van der Waals surface area contributed by atoms with Crippen molar-refractivity contribution in [2.45, 2.75) is 122 Å². The number of rotatable bonds is 11. The van der Waals surface area contributed by atoms with Crippen LogP contribution in [0.3, 0.4) is 0 Å². The van der Waals surface area contributed by atoms with E-state index in [9.17, 15) is 13.2 Å². The lowest BCUT2D eigenvalue weighted by Gasteiger charge is -2.38. The van der Waals surface area contributed by atoms with Crippen molar-refractivity contribution in [2.75, 3.05) is 6.61 Å². The van der Waals surface area contributed by atoms with Gasteiger partial charge in [-0.05, 0) is 74.2 Å². The van der Waals surface area contributed by atoms with E-state index in [1.54, 1.807) is 0 Å². The Morgan fingerprint density at radius 3 is 2.06 bits per heavy atom. The normalized spacial score (nSPS) is 31.5. The summed E-state index contributed by atoms with van der Waals surface area (Å²) >= 11 is 0. The Balaban J connectivity index is 1.29. The Labute approximate surface area is 194 Å². The molecule has 0 aromatic rings. The predicted octanol–water partition coefficient (Wildman–Crippen LogP) is 9.18. The van der Waals surface area contributed by atoms with Gasteiger partial charge in [0.2, 0.25) is 0 Å². The minimum absolute atomic E-state index is 0.428. The quantitative estimate of drug-likeness (QED) is 0.283. The molecule has 2 fully saturated rings. The van der Waals surface area contributed by atoms with Crippen LogP contribution in [0, 0.1) is 23.7 Å². The molecule has 1 atom stereocenters. The van der Waals surface area contributed by atoms with Gasteiger partial charge in [0.15, 0.2) is 0 Å². The lowest BCUT2D eigenvalue weighted by molar-refractivity contribution is -0.180. The van der Waals surface area contributed by atoms with E-state index in [1.807, 2.05) is 12.2 Å². The van der Waals surface area contributed by atoms with E-state index in [0.717, 1.165) is 17.8 Å². The molecule has 3 rings (SSSR count). The number of allylic oxidation sites excluding steroid dienone is 2. The standard InChI is InChI=1S/C28H45F3O/c1-2-3-4-5-6-7-8-22-9-11-23(12-10-22)24-13-15-25(16-14-24)26-17-19-27(20-18-26)32-21-28(29,30)31/h17-19,22-25,27H,2-16,20-21H2,1H3/t22-,23-,24?,25?,27?. The number of hydrogen-bond donors (Lipinski definition) is 0. The molecule has 0 radical (unpaired) electrons. The van der Waals surface area contributed by atoms with Gasteiger partial charge in [-0.15, -0.1) is 0 Å². The Morgan fingerprint density at radius 1 is 0.844 bits per heavy atom. The minimum Gasteiger partial charge on any atom is -0.364 e. The molecule has 3 aliphatic rings. The molecule has 0 amide bonds.